The SMILES string of the molecule is C=C1CN(S(=O)(=O)c2ccc(C)cc2)C[C@]12C(=O)c1ccccc1N2C(=O)OC. The number of methoxy groups -OCH3 is 1. The molecule has 1 amide bonds. The molecule has 2 heterocycles. The molecule has 7 nitrogen and oxygen atoms in total. The van der Waals surface area contributed by atoms with E-state index >= 15 is 0 Å². The summed E-state index contributed by atoms with van der Waals surface area (Å²) in [5, 5.41) is 0. The van der Waals surface area contributed by atoms with Crippen LogP contribution in [-0.2, 0) is 14.8 Å². The zero-order valence-electron chi connectivity index (χ0n) is 16.1. The summed E-state index contributed by atoms with van der Waals surface area (Å²) in [6.45, 7) is 5.57. The third-order valence-electron chi connectivity index (χ3n) is 5.52. The summed E-state index contributed by atoms with van der Waals surface area (Å²) in [5.74, 6) is -0.356. The highest BCUT2D eigenvalue weighted by Crippen LogP contribution is 2.47. The van der Waals surface area contributed by atoms with Crippen LogP contribution >= 0.6 is 0 Å². The van der Waals surface area contributed by atoms with E-state index in [1.54, 1.807) is 36.4 Å². The minimum atomic E-state index is -3.88. The molecule has 0 saturated carbocycles. The lowest BCUT2D eigenvalue weighted by molar-refractivity contribution is 0.0922. The number of fused-ring (bicyclic) bond motifs is 1. The number of aryl methyl sites for hydroxylation is 1. The fraction of sp³-hybridized carbons (Fsp3) is 0.238. The lowest BCUT2D eigenvalue weighted by Gasteiger charge is -2.33. The zero-order chi connectivity index (χ0) is 21.0. The number of ether oxygens (including phenoxy) is 1. The van der Waals surface area contributed by atoms with Gasteiger partial charge in [-0.05, 0) is 36.8 Å². The third-order valence-corrected chi connectivity index (χ3v) is 7.33. The highest BCUT2D eigenvalue weighted by molar-refractivity contribution is 7.89. The van der Waals surface area contributed by atoms with Crippen LogP contribution in [0.4, 0.5) is 10.5 Å². The van der Waals surface area contributed by atoms with Crippen molar-refractivity contribution in [3.63, 3.8) is 0 Å². The molecule has 1 fully saturated rings. The average Bonchev–Trinajstić information content (AvgIpc) is 3.18. The van der Waals surface area contributed by atoms with E-state index in [1.807, 2.05) is 6.92 Å². The predicted octanol–water partition coefficient (Wildman–Crippen LogP) is 2.76. The first-order valence-electron chi connectivity index (χ1n) is 9.00. The number of Topliss-reactive ketones (excluding diaryl/α,β-unsaturated/α-hetero) is 1. The molecule has 2 aromatic rings. The summed E-state index contributed by atoms with van der Waals surface area (Å²) < 4.78 is 32.5. The van der Waals surface area contributed by atoms with Gasteiger partial charge in [-0.15, -0.1) is 0 Å². The van der Waals surface area contributed by atoms with E-state index in [0.717, 1.165) is 5.56 Å². The van der Waals surface area contributed by atoms with Crippen LogP contribution in [0.3, 0.4) is 0 Å². The summed E-state index contributed by atoms with van der Waals surface area (Å²) in [6.07, 6.45) is -0.737. The minimum absolute atomic E-state index is 0.0660. The molecule has 1 spiro atoms. The molecule has 4 rings (SSSR count). The standard InChI is InChI=1S/C21H20N2O5S/c1-14-8-10-16(11-9-14)29(26,27)22-12-15(2)21(13-22)19(24)17-6-4-5-7-18(17)23(21)20(25)28-3/h4-11H,2,12-13H2,1,3H3/t21-/m1/s1. The second kappa shape index (κ2) is 6.53. The molecule has 2 aliphatic rings. The molecule has 0 aliphatic carbocycles. The van der Waals surface area contributed by atoms with Gasteiger partial charge < -0.3 is 4.74 Å². The number of benzene rings is 2. The lowest BCUT2D eigenvalue weighted by Crippen LogP contribution is -2.56. The smallest absolute Gasteiger partial charge is 0.415 e. The molecule has 0 unspecified atom stereocenters. The molecule has 2 aromatic carbocycles. The Morgan fingerprint density at radius 3 is 2.45 bits per heavy atom. The van der Waals surface area contributed by atoms with Crippen LogP contribution in [0.15, 0.2) is 65.6 Å². The van der Waals surface area contributed by atoms with Crippen LogP contribution in [0.2, 0.25) is 0 Å². The summed E-state index contributed by atoms with van der Waals surface area (Å²) in [7, 11) is -2.65. The maximum atomic E-state index is 13.4. The molecular formula is C21H20N2O5S. The van der Waals surface area contributed by atoms with Gasteiger partial charge in [0, 0.05) is 18.7 Å². The Balaban J connectivity index is 1.81. The summed E-state index contributed by atoms with van der Waals surface area (Å²) >= 11 is 0. The Labute approximate surface area is 169 Å². The van der Waals surface area contributed by atoms with E-state index in [0.29, 0.717) is 16.8 Å². The molecule has 2 aliphatic heterocycles. The molecular weight excluding hydrogens is 392 g/mol. The largest absolute Gasteiger partial charge is 0.452 e. The number of carbonyl (C=O) groups excluding carboxylic acids is 2. The molecule has 0 radical (unpaired) electrons. The monoisotopic (exact) mass is 412 g/mol. The minimum Gasteiger partial charge on any atom is -0.452 e. The number of sulfonamides is 1. The Kier molecular flexibility index (Phi) is 4.36. The number of nitrogens with zero attached hydrogens (tertiary/aromatic N) is 2. The fourth-order valence-electron chi connectivity index (χ4n) is 3.99. The van der Waals surface area contributed by atoms with Crippen LogP contribution in [0.1, 0.15) is 15.9 Å². The summed E-state index contributed by atoms with van der Waals surface area (Å²) in [4.78, 5) is 27.4. The molecule has 1 atom stereocenters. The van der Waals surface area contributed by atoms with Crippen LogP contribution in [-0.4, -0.2) is 50.3 Å². The summed E-state index contributed by atoms with van der Waals surface area (Å²) in [6, 6.07) is 13.2. The number of carbonyl (C=O) groups is 2. The second-order valence-electron chi connectivity index (χ2n) is 7.20. The van der Waals surface area contributed by atoms with Crippen LogP contribution in [0.5, 0.6) is 0 Å². The van der Waals surface area contributed by atoms with Gasteiger partial charge in [0.15, 0.2) is 11.3 Å². The highest BCUT2D eigenvalue weighted by atomic mass is 32.2. The number of para-hydroxylation sites is 1. The zero-order valence-corrected chi connectivity index (χ0v) is 16.9. The van der Waals surface area contributed by atoms with Crippen LogP contribution in [0, 0.1) is 6.92 Å². The number of ketones is 1. The number of amides is 1. The van der Waals surface area contributed by atoms with E-state index in [-0.39, 0.29) is 23.8 Å². The van der Waals surface area contributed by atoms with Crippen LogP contribution in [0.25, 0.3) is 0 Å². The number of hydrogen-bond acceptors (Lipinski definition) is 5. The quantitative estimate of drug-likeness (QED) is 0.709. The molecule has 29 heavy (non-hydrogen) atoms. The molecule has 0 bridgehead atoms. The van der Waals surface area contributed by atoms with Gasteiger partial charge in [-0.25, -0.2) is 13.2 Å². The van der Waals surface area contributed by atoms with E-state index in [1.165, 1.54) is 28.4 Å². The van der Waals surface area contributed by atoms with Crippen molar-refractivity contribution in [3.05, 3.63) is 71.8 Å². The summed E-state index contributed by atoms with van der Waals surface area (Å²) in [5.41, 5.74) is 0.479. The first kappa shape index (κ1) is 19.4. The maximum Gasteiger partial charge on any atom is 0.415 e. The van der Waals surface area contributed by atoms with Crippen molar-refractivity contribution in [3.8, 4) is 0 Å². The molecule has 8 heteroatoms. The lowest BCUT2D eigenvalue weighted by atomic mass is 9.88. The predicted molar refractivity (Wildman–Crippen MR) is 107 cm³/mol. The van der Waals surface area contributed by atoms with Gasteiger partial charge in [-0.3, -0.25) is 9.69 Å². The number of rotatable bonds is 2. The number of hydrogen-bond donors (Lipinski definition) is 0. The average molecular weight is 412 g/mol. The van der Waals surface area contributed by atoms with Gasteiger partial charge in [0.05, 0.1) is 17.7 Å². The van der Waals surface area contributed by atoms with Gasteiger partial charge >= 0.3 is 6.09 Å². The first-order chi connectivity index (χ1) is 13.7. The van der Waals surface area contributed by atoms with Crippen LogP contribution < -0.4 is 4.90 Å². The van der Waals surface area contributed by atoms with Crippen molar-refractivity contribution >= 4 is 27.6 Å². The highest BCUT2D eigenvalue weighted by Gasteiger charge is 2.61. The van der Waals surface area contributed by atoms with E-state index < -0.39 is 21.7 Å². The Bertz CT molecular complexity index is 1140. The second-order valence-corrected chi connectivity index (χ2v) is 9.14. The third kappa shape index (κ3) is 2.63. The van der Waals surface area contributed by atoms with Gasteiger partial charge in [0.1, 0.15) is 0 Å². The van der Waals surface area contributed by atoms with E-state index in [2.05, 4.69) is 6.58 Å². The molecule has 150 valence electrons. The normalized spacial score (nSPS) is 21.7. The van der Waals surface area contributed by atoms with E-state index in [9.17, 15) is 18.0 Å². The van der Waals surface area contributed by atoms with Crippen molar-refractivity contribution < 1.29 is 22.7 Å². The van der Waals surface area contributed by atoms with Crippen molar-refractivity contribution in [2.24, 2.45) is 0 Å². The Morgan fingerprint density at radius 1 is 1.14 bits per heavy atom. The van der Waals surface area contributed by atoms with Gasteiger partial charge in [-0.1, -0.05) is 36.4 Å². The first-order valence-corrected chi connectivity index (χ1v) is 10.4. The fourth-order valence-corrected chi connectivity index (χ4v) is 5.45. The van der Waals surface area contributed by atoms with Gasteiger partial charge in [0.2, 0.25) is 10.0 Å². The molecule has 0 N–H and O–H groups in total. The van der Waals surface area contributed by atoms with Gasteiger partial charge in [-0.2, -0.15) is 4.31 Å². The van der Waals surface area contributed by atoms with Gasteiger partial charge in [0.25, 0.3) is 0 Å². The Hall–Kier alpha value is -2.97. The molecule has 1 saturated heterocycles. The van der Waals surface area contributed by atoms with Crippen molar-refractivity contribution in [2.45, 2.75) is 17.4 Å². The Morgan fingerprint density at radius 2 is 1.79 bits per heavy atom. The van der Waals surface area contributed by atoms with Crippen molar-refractivity contribution in [1.82, 2.24) is 4.31 Å². The van der Waals surface area contributed by atoms with Crippen molar-refractivity contribution in [1.29, 1.82) is 0 Å². The molecule has 0 aromatic heterocycles. The topological polar surface area (TPSA) is 84.0 Å². The van der Waals surface area contributed by atoms with E-state index in [4.69, 9.17) is 4.74 Å². The maximum absolute atomic E-state index is 13.4. The van der Waals surface area contributed by atoms with Crippen molar-refractivity contribution in [2.75, 3.05) is 25.1 Å². The number of anilines is 1.